The fraction of sp³-hybridized carbons (Fsp3) is 0.200. The number of nitrogen functional groups attached to an aromatic ring is 1. The highest BCUT2D eigenvalue weighted by Gasteiger charge is 2.02. The van der Waals surface area contributed by atoms with Crippen molar-refractivity contribution in [2.45, 2.75) is 17.7 Å². The first kappa shape index (κ1) is 13.0. The normalized spacial score (nSPS) is 10.5. The Morgan fingerprint density at radius 2 is 1.83 bits per heavy atom. The minimum Gasteiger partial charge on any atom is -0.399 e. The summed E-state index contributed by atoms with van der Waals surface area (Å²) in [5.74, 6) is 0.690. The maximum Gasteiger partial charge on any atom is 0.138 e. The molecule has 0 heterocycles. The molecule has 0 fully saturated rings. The van der Waals surface area contributed by atoms with Gasteiger partial charge in [-0.25, -0.2) is 4.39 Å². The third kappa shape index (κ3) is 3.77. The third-order valence-electron chi connectivity index (χ3n) is 2.67. The lowest BCUT2D eigenvalue weighted by Gasteiger charge is -2.04. The van der Waals surface area contributed by atoms with Crippen molar-refractivity contribution in [1.29, 1.82) is 0 Å². The summed E-state index contributed by atoms with van der Waals surface area (Å²) in [5.41, 5.74) is 7.31. The Bertz CT molecular complexity index is 499. The van der Waals surface area contributed by atoms with Crippen LogP contribution < -0.4 is 5.73 Å². The average Bonchev–Trinajstić information content (AvgIpc) is 2.38. The topological polar surface area (TPSA) is 26.0 Å². The molecule has 1 nitrogen and oxygen atoms in total. The molecule has 3 heteroatoms. The highest BCUT2D eigenvalue weighted by molar-refractivity contribution is 7.99. The Balaban J connectivity index is 1.79. The molecule has 18 heavy (non-hydrogen) atoms. The lowest BCUT2D eigenvalue weighted by atomic mass is 10.1. The first-order chi connectivity index (χ1) is 8.75. The van der Waals surface area contributed by atoms with E-state index in [2.05, 4.69) is 12.1 Å². The van der Waals surface area contributed by atoms with Crippen LogP contribution >= 0.6 is 11.8 Å². The Morgan fingerprint density at radius 3 is 2.56 bits per heavy atom. The second kappa shape index (κ2) is 6.45. The third-order valence-corrected chi connectivity index (χ3v) is 3.80. The van der Waals surface area contributed by atoms with Crippen LogP contribution in [-0.2, 0) is 6.42 Å². The molecule has 0 aliphatic carbocycles. The summed E-state index contributed by atoms with van der Waals surface area (Å²) in [6, 6.07) is 15.2. The van der Waals surface area contributed by atoms with E-state index in [4.69, 9.17) is 5.73 Å². The number of rotatable bonds is 5. The number of hydrogen-bond acceptors (Lipinski definition) is 2. The molecule has 0 bridgehead atoms. The van der Waals surface area contributed by atoms with Crippen molar-refractivity contribution in [2.24, 2.45) is 0 Å². The van der Waals surface area contributed by atoms with Crippen molar-refractivity contribution in [3.63, 3.8) is 0 Å². The first-order valence-electron chi connectivity index (χ1n) is 5.97. The molecule has 2 aromatic carbocycles. The minimum atomic E-state index is -0.222. The van der Waals surface area contributed by atoms with E-state index >= 15 is 0 Å². The van der Waals surface area contributed by atoms with Gasteiger partial charge in [0.2, 0.25) is 0 Å². The van der Waals surface area contributed by atoms with Crippen molar-refractivity contribution in [1.82, 2.24) is 0 Å². The van der Waals surface area contributed by atoms with Crippen molar-refractivity contribution >= 4 is 17.4 Å². The number of benzene rings is 2. The van der Waals surface area contributed by atoms with Crippen LogP contribution in [0.2, 0.25) is 0 Å². The summed E-state index contributed by atoms with van der Waals surface area (Å²) in [4.78, 5) is 0.678. The van der Waals surface area contributed by atoms with Crippen LogP contribution in [0.15, 0.2) is 53.4 Å². The minimum absolute atomic E-state index is 0.222. The smallest absolute Gasteiger partial charge is 0.138 e. The van der Waals surface area contributed by atoms with Crippen LogP contribution in [-0.4, -0.2) is 5.75 Å². The van der Waals surface area contributed by atoms with Gasteiger partial charge in [0.25, 0.3) is 0 Å². The molecular formula is C15H16FNS. The molecule has 0 amide bonds. The molecule has 2 N–H and O–H groups in total. The van der Waals surface area contributed by atoms with Gasteiger partial charge in [-0.3, -0.25) is 0 Å². The van der Waals surface area contributed by atoms with Crippen molar-refractivity contribution < 1.29 is 4.39 Å². The molecule has 0 radical (unpaired) electrons. The molecular weight excluding hydrogens is 245 g/mol. The van der Waals surface area contributed by atoms with Gasteiger partial charge in [0.05, 0.1) is 0 Å². The fourth-order valence-corrected chi connectivity index (χ4v) is 2.61. The van der Waals surface area contributed by atoms with Crippen molar-refractivity contribution in [3.05, 3.63) is 59.9 Å². The van der Waals surface area contributed by atoms with Crippen LogP contribution in [0, 0.1) is 5.82 Å². The number of anilines is 1. The van der Waals surface area contributed by atoms with E-state index in [1.807, 2.05) is 18.2 Å². The first-order valence-corrected chi connectivity index (χ1v) is 6.96. The standard InChI is InChI=1S/C15H16FNS/c16-14-11-13(17)8-9-15(14)18-10-4-7-12-5-2-1-3-6-12/h1-3,5-6,8-9,11H,4,7,10,17H2. The predicted octanol–water partition coefficient (Wildman–Crippen LogP) is 4.13. The zero-order valence-electron chi connectivity index (χ0n) is 10.1. The highest BCUT2D eigenvalue weighted by atomic mass is 32.2. The summed E-state index contributed by atoms with van der Waals surface area (Å²) in [7, 11) is 0. The van der Waals surface area contributed by atoms with Crippen LogP contribution in [0.1, 0.15) is 12.0 Å². The summed E-state index contributed by atoms with van der Waals surface area (Å²) < 4.78 is 13.5. The van der Waals surface area contributed by atoms with Crippen LogP contribution in [0.25, 0.3) is 0 Å². The summed E-state index contributed by atoms with van der Waals surface area (Å²) >= 11 is 1.54. The molecule has 0 aliphatic heterocycles. The van der Waals surface area contributed by atoms with E-state index in [0.717, 1.165) is 18.6 Å². The molecule has 0 aromatic heterocycles. The van der Waals surface area contributed by atoms with Gasteiger partial charge in [0.1, 0.15) is 5.82 Å². The Hall–Kier alpha value is -1.48. The Morgan fingerprint density at radius 1 is 1.06 bits per heavy atom. The molecule has 0 saturated carbocycles. The maximum atomic E-state index is 13.5. The van der Waals surface area contributed by atoms with Crippen LogP contribution in [0.4, 0.5) is 10.1 Å². The molecule has 2 aromatic rings. The van der Waals surface area contributed by atoms with Gasteiger partial charge in [-0.1, -0.05) is 30.3 Å². The lowest BCUT2D eigenvalue weighted by molar-refractivity contribution is 0.602. The van der Waals surface area contributed by atoms with Crippen LogP contribution in [0.3, 0.4) is 0 Å². The zero-order chi connectivity index (χ0) is 12.8. The second-order valence-corrected chi connectivity index (χ2v) is 5.26. The monoisotopic (exact) mass is 261 g/mol. The maximum absolute atomic E-state index is 13.5. The summed E-state index contributed by atoms with van der Waals surface area (Å²) in [6.45, 7) is 0. The molecule has 94 valence electrons. The average molecular weight is 261 g/mol. The van der Waals surface area contributed by atoms with Crippen LogP contribution in [0.5, 0.6) is 0 Å². The van der Waals surface area contributed by atoms with E-state index in [9.17, 15) is 4.39 Å². The molecule has 0 aliphatic rings. The number of nitrogens with two attached hydrogens (primary N) is 1. The molecule has 0 unspecified atom stereocenters. The van der Waals surface area contributed by atoms with E-state index in [0.29, 0.717) is 10.6 Å². The van der Waals surface area contributed by atoms with Gasteiger partial charge < -0.3 is 5.73 Å². The predicted molar refractivity (Wildman–Crippen MR) is 76.3 cm³/mol. The number of halogens is 1. The number of aryl methyl sites for hydroxylation is 1. The Kier molecular flexibility index (Phi) is 4.65. The van der Waals surface area contributed by atoms with E-state index < -0.39 is 0 Å². The number of thioether (sulfide) groups is 1. The van der Waals surface area contributed by atoms with E-state index in [-0.39, 0.29) is 5.82 Å². The van der Waals surface area contributed by atoms with Crippen molar-refractivity contribution in [2.75, 3.05) is 11.5 Å². The van der Waals surface area contributed by atoms with Gasteiger partial charge in [0, 0.05) is 10.6 Å². The van der Waals surface area contributed by atoms with Gasteiger partial charge in [-0.2, -0.15) is 0 Å². The summed E-state index contributed by atoms with van der Waals surface area (Å²) in [6.07, 6.45) is 2.07. The quantitative estimate of drug-likeness (QED) is 0.497. The lowest BCUT2D eigenvalue weighted by Crippen LogP contribution is -1.90. The van der Waals surface area contributed by atoms with Gasteiger partial charge in [0.15, 0.2) is 0 Å². The zero-order valence-corrected chi connectivity index (χ0v) is 10.9. The summed E-state index contributed by atoms with van der Waals surface area (Å²) in [5, 5.41) is 0. The van der Waals surface area contributed by atoms with Gasteiger partial charge >= 0.3 is 0 Å². The molecule has 0 atom stereocenters. The second-order valence-electron chi connectivity index (χ2n) is 4.13. The van der Waals surface area contributed by atoms with E-state index in [1.54, 1.807) is 23.9 Å². The van der Waals surface area contributed by atoms with E-state index in [1.165, 1.54) is 11.6 Å². The number of hydrogen-bond donors (Lipinski definition) is 1. The van der Waals surface area contributed by atoms with Gasteiger partial charge in [-0.15, -0.1) is 11.8 Å². The molecule has 0 saturated heterocycles. The fourth-order valence-electron chi connectivity index (χ4n) is 1.74. The SMILES string of the molecule is Nc1ccc(SCCCc2ccccc2)c(F)c1. The largest absolute Gasteiger partial charge is 0.399 e. The van der Waals surface area contributed by atoms with Crippen molar-refractivity contribution in [3.8, 4) is 0 Å². The molecule has 0 spiro atoms. The molecule has 2 rings (SSSR count). The highest BCUT2D eigenvalue weighted by Crippen LogP contribution is 2.24. The van der Waals surface area contributed by atoms with Gasteiger partial charge in [-0.05, 0) is 42.4 Å². The Labute approximate surface area is 111 Å².